The summed E-state index contributed by atoms with van der Waals surface area (Å²) in [5.41, 5.74) is 8.95. The first-order chi connectivity index (χ1) is 16.2. The summed E-state index contributed by atoms with van der Waals surface area (Å²) in [6.07, 6.45) is 1.23. The molecule has 1 heterocycles. The second kappa shape index (κ2) is 8.60. The molecule has 1 aliphatic heterocycles. The smallest absolute Gasteiger partial charge is 0.259 e. The summed E-state index contributed by atoms with van der Waals surface area (Å²) in [5, 5.41) is 0.679. The zero-order valence-electron chi connectivity index (χ0n) is 18.4. The minimum Gasteiger partial charge on any atom is -0.369 e. The van der Waals surface area contributed by atoms with Crippen molar-refractivity contribution in [2.45, 2.75) is 6.42 Å². The maximum absolute atomic E-state index is 13.8. The molecule has 2 fully saturated rings. The lowest BCUT2D eigenvalue weighted by molar-refractivity contribution is 0.0987. The SMILES string of the molecule is CN(C(=O)c1cc(F)ccc1Cl)c1ccc(-c2cc(C(N)=O)ccc2Cl)cc1N1CC2CC2C1. The average Bonchev–Trinajstić information content (AvgIpc) is 3.44. The van der Waals surface area contributed by atoms with Crippen molar-refractivity contribution < 1.29 is 14.0 Å². The highest BCUT2D eigenvalue weighted by atomic mass is 35.5. The molecule has 0 aromatic heterocycles. The van der Waals surface area contributed by atoms with E-state index in [1.54, 1.807) is 25.2 Å². The average molecular weight is 498 g/mol. The molecule has 34 heavy (non-hydrogen) atoms. The van der Waals surface area contributed by atoms with Crippen LogP contribution in [0, 0.1) is 17.7 Å². The van der Waals surface area contributed by atoms with E-state index in [-0.39, 0.29) is 10.6 Å². The first-order valence-corrected chi connectivity index (χ1v) is 11.7. The number of anilines is 2. The molecule has 0 spiro atoms. The quantitative estimate of drug-likeness (QED) is 0.496. The molecule has 2 N–H and O–H groups in total. The van der Waals surface area contributed by atoms with E-state index >= 15 is 0 Å². The highest BCUT2D eigenvalue weighted by Crippen LogP contribution is 2.48. The fourth-order valence-corrected chi connectivity index (χ4v) is 5.10. The molecule has 8 heteroatoms. The van der Waals surface area contributed by atoms with Gasteiger partial charge in [-0.2, -0.15) is 0 Å². The second-order valence-corrected chi connectivity index (χ2v) is 9.73. The Morgan fingerprint density at radius 3 is 2.41 bits per heavy atom. The number of primary amides is 1. The Labute approximate surface area is 206 Å². The predicted molar refractivity (Wildman–Crippen MR) is 133 cm³/mol. The van der Waals surface area contributed by atoms with Gasteiger partial charge in [0.05, 0.1) is 22.0 Å². The molecule has 0 bridgehead atoms. The van der Waals surface area contributed by atoms with E-state index in [0.717, 1.165) is 30.4 Å². The van der Waals surface area contributed by atoms with Gasteiger partial charge in [-0.1, -0.05) is 29.3 Å². The van der Waals surface area contributed by atoms with Crippen LogP contribution in [0.4, 0.5) is 15.8 Å². The first kappa shape index (κ1) is 22.7. The molecular weight excluding hydrogens is 476 g/mol. The Morgan fingerprint density at radius 1 is 1.00 bits per heavy atom. The van der Waals surface area contributed by atoms with Gasteiger partial charge in [0, 0.05) is 36.3 Å². The van der Waals surface area contributed by atoms with E-state index < -0.39 is 17.6 Å². The number of halogens is 3. The summed E-state index contributed by atoms with van der Waals surface area (Å²) in [6, 6.07) is 14.3. The summed E-state index contributed by atoms with van der Waals surface area (Å²) >= 11 is 12.7. The van der Waals surface area contributed by atoms with Crippen molar-refractivity contribution in [1.29, 1.82) is 0 Å². The minimum absolute atomic E-state index is 0.0978. The fourth-order valence-electron chi connectivity index (χ4n) is 4.67. The molecule has 174 valence electrons. The first-order valence-electron chi connectivity index (χ1n) is 10.9. The zero-order valence-corrected chi connectivity index (χ0v) is 19.9. The lowest BCUT2D eigenvalue weighted by Gasteiger charge is -2.29. The molecule has 2 unspecified atom stereocenters. The lowest BCUT2D eigenvalue weighted by atomic mass is 10.0. The highest BCUT2D eigenvalue weighted by Gasteiger charge is 2.45. The topological polar surface area (TPSA) is 66.6 Å². The van der Waals surface area contributed by atoms with E-state index in [1.165, 1.54) is 23.5 Å². The van der Waals surface area contributed by atoms with Crippen LogP contribution in [0.5, 0.6) is 0 Å². The van der Waals surface area contributed by atoms with Crippen LogP contribution < -0.4 is 15.5 Å². The summed E-state index contributed by atoms with van der Waals surface area (Å²) < 4.78 is 13.8. The number of fused-ring (bicyclic) bond motifs is 1. The lowest BCUT2D eigenvalue weighted by Crippen LogP contribution is -2.30. The van der Waals surface area contributed by atoms with E-state index in [9.17, 15) is 14.0 Å². The molecule has 5 nitrogen and oxygen atoms in total. The number of piperidine rings is 1. The summed E-state index contributed by atoms with van der Waals surface area (Å²) in [4.78, 5) is 28.7. The maximum atomic E-state index is 13.8. The molecule has 0 radical (unpaired) electrons. The van der Waals surface area contributed by atoms with Gasteiger partial charge in [-0.15, -0.1) is 0 Å². The summed E-state index contributed by atoms with van der Waals surface area (Å²) in [7, 11) is 1.65. The number of carbonyl (C=O) groups excluding carboxylic acids is 2. The number of carbonyl (C=O) groups is 2. The number of nitrogens with two attached hydrogens (primary N) is 1. The van der Waals surface area contributed by atoms with Gasteiger partial charge in [0.15, 0.2) is 0 Å². The van der Waals surface area contributed by atoms with Crippen LogP contribution in [0.15, 0.2) is 54.6 Å². The zero-order chi connectivity index (χ0) is 24.1. The number of nitrogens with zero attached hydrogens (tertiary/aromatic N) is 2. The van der Waals surface area contributed by atoms with Gasteiger partial charge in [0.1, 0.15) is 5.82 Å². The molecule has 3 aromatic carbocycles. The predicted octanol–water partition coefficient (Wildman–Crippen LogP) is 5.63. The summed E-state index contributed by atoms with van der Waals surface area (Å²) in [6.45, 7) is 1.80. The Kier molecular flexibility index (Phi) is 5.74. The molecule has 1 aliphatic carbocycles. The molecule has 5 rings (SSSR count). The van der Waals surface area contributed by atoms with Crippen molar-refractivity contribution in [2.75, 3.05) is 29.9 Å². The van der Waals surface area contributed by atoms with Crippen molar-refractivity contribution in [2.24, 2.45) is 17.6 Å². The van der Waals surface area contributed by atoms with Gasteiger partial charge in [-0.3, -0.25) is 9.59 Å². The Balaban J connectivity index is 1.58. The monoisotopic (exact) mass is 497 g/mol. The number of rotatable bonds is 5. The van der Waals surface area contributed by atoms with E-state index in [0.29, 0.717) is 33.7 Å². The van der Waals surface area contributed by atoms with Gasteiger partial charge >= 0.3 is 0 Å². The van der Waals surface area contributed by atoms with Crippen LogP contribution in [0.3, 0.4) is 0 Å². The van der Waals surface area contributed by atoms with Gasteiger partial charge in [0.2, 0.25) is 5.91 Å². The van der Waals surface area contributed by atoms with Gasteiger partial charge in [0.25, 0.3) is 5.91 Å². The van der Waals surface area contributed by atoms with Crippen LogP contribution in [-0.2, 0) is 0 Å². The maximum Gasteiger partial charge on any atom is 0.259 e. The third-order valence-corrected chi connectivity index (χ3v) is 7.34. The van der Waals surface area contributed by atoms with Gasteiger partial charge in [-0.25, -0.2) is 4.39 Å². The van der Waals surface area contributed by atoms with Crippen molar-refractivity contribution in [3.05, 3.63) is 81.6 Å². The van der Waals surface area contributed by atoms with Crippen LogP contribution in [-0.4, -0.2) is 32.0 Å². The van der Waals surface area contributed by atoms with Crippen LogP contribution in [0.1, 0.15) is 27.1 Å². The molecule has 2 amide bonds. The number of hydrogen-bond donors (Lipinski definition) is 1. The summed E-state index contributed by atoms with van der Waals surface area (Å²) in [5.74, 6) is -0.141. The standard InChI is InChI=1S/C26H22Cl2FN3O2/c1-31(26(34)20-11-18(29)4-6-22(20)28)23-7-3-14(10-24(23)32-12-16-8-17(16)13-32)19-9-15(25(30)33)2-5-21(19)27/h2-7,9-11,16-17H,8,12-13H2,1H3,(H2,30,33). The molecule has 2 atom stereocenters. The number of hydrogen-bond acceptors (Lipinski definition) is 3. The largest absolute Gasteiger partial charge is 0.369 e. The van der Waals surface area contributed by atoms with E-state index in [1.807, 2.05) is 18.2 Å². The van der Waals surface area contributed by atoms with Crippen molar-refractivity contribution in [3.63, 3.8) is 0 Å². The Morgan fingerprint density at radius 2 is 1.71 bits per heavy atom. The van der Waals surface area contributed by atoms with Gasteiger partial charge < -0.3 is 15.5 Å². The van der Waals surface area contributed by atoms with Crippen molar-refractivity contribution >= 4 is 46.4 Å². The third kappa shape index (κ3) is 4.12. The van der Waals surface area contributed by atoms with Crippen molar-refractivity contribution in [3.8, 4) is 11.1 Å². The van der Waals surface area contributed by atoms with Crippen LogP contribution >= 0.6 is 23.2 Å². The Bertz CT molecular complexity index is 1320. The molecular formula is C26H22Cl2FN3O2. The minimum atomic E-state index is -0.535. The van der Waals surface area contributed by atoms with E-state index in [4.69, 9.17) is 28.9 Å². The molecule has 1 saturated heterocycles. The molecule has 2 aliphatic rings. The Hall–Kier alpha value is -3.09. The molecule has 1 saturated carbocycles. The second-order valence-electron chi connectivity index (χ2n) is 8.91. The third-order valence-electron chi connectivity index (χ3n) is 6.68. The number of amides is 2. The van der Waals surface area contributed by atoms with Crippen molar-refractivity contribution in [1.82, 2.24) is 0 Å². The van der Waals surface area contributed by atoms with E-state index in [2.05, 4.69) is 4.90 Å². The highest BCUT2D eigenvalue weighted by molar-refractivity contribution is 6.34. The normalized spacial score (nSPS) is 18.5. The fraction of sp³-hybridized carbons (Fsp3) is 0.231. The number of benzene rings is 3. The van der Waals surface area contributed by atoms with Crippen LogP contribution in [0.2, 0.25) is 10.0 Å². The van der Waals surface area contributed by atoms with Gasteiger partial charge in [-0.05, 0) is 72.4 Å². The molecule has 3 aromatic rings. The van der Waals surface area contributed by atoms with Crippen LogP contribution in [0.25, 0.3) is 11.1 Å².